The number of aromatic amines is 1. The lowest BCUT2D eigenvalue weighted by atomic mass is 10.1. The standard InChI is InChI=1S/C28H19N5O2/c34-27-25-26(30-28(35)31-27)33(24-14-8-7-13-23(24)29-25)22-17-15-21(16-18-22)32(19-9-3-1-4-10-19)20-11-5-2-6-12-20/h1-18H,(H,31,34,35). The van der Waals surface area contributed by atoms with Crippen LogP contribution in [-0.4, -0.2) is 19.5 Å². The summed E-state index contributed by atoms with van der Waals surface area (Å²) in [6.07, 6.45) is 0. The van der Waals surface area contributed by atoms with E-state index in [1.165, 1.54) is 0 Å². The SMILES string of the molecule is O=c1nc2n(-c3ccc(N(c4ccccc4)c4ccccc4)cc3)c3ccccc3nc-2c(=O)[nH]1. The molecule has 0 unspecified atom stereocenters. The molecule has 0 radical (unpaired) electrons. The molecule has 0 aliphatic carbocycles. The molecule has 0 fully saturated rings. The lowest BCUT2D eigenvalue weighted by Crippen LogP contribution is -2.28. The summed E-state index contributed by atoms with van der Waals surface area (Å²) >= 11 is 0. The summed E-state index contributed by atoms with van der Waals surface area (Å²) in [4.78, 5) is 37.5. The van der Waals surface area contributed by atoms with Crippen LogP contribution in [0.4, 0.5) is 17.1 Å². The van der Waals surface area contributed by atoms with Crippen LogP contribution in [0.2, 0.25) is 0 Å². The summed E-state index contributed by atoms with van der Waals surface area (Å²) in [6.45, 7) is 0. The van der Waals surface area contributed by atoms with E-state index < -0.39 is 11.2 Å². The Hall–Kier alpha value is -5.04. The minimum atomic E-state index is -0.704. The van der Waals surface area contributed by atoms with Crippen molar-refractivity contribution in [2.24, 2.45) is 0 Å². The van der Waals surface area contributed by atoms with Crippen LogP contribution < -0.4 is 16.1 Å². The van der Waals surface area contributed by atoms with Gasteiger partial charge in [0.2, 0.25) is 0 Å². The molecule has 7 nitrogen and oxygen atoms in total. The molecule has 7 heteroatoms. The van der Waals surface area contributed by atoms with E-state index in [1.54, 1.807) is 4.57 Å². The van der Waals surface area contributed by atoms with Crippen LogP contribution in [0, 0.1) is 0 Å². The summed E-state index contributed by atoms with van der Waals surface area (Å²) in [7, 11) is 0. The maximum atomic E-state index is 12.5. The van der Waals surface area contributed by atoms with Gasteiger partial charge in [-0.3, -0.25) is 14.3 Å². The van der Waals surface area contributed by atoms with E-state index in [1.807, 2.05) is 84.9 Å². The monoisotopic (exact) mass is 457 g/mol. The van der Waals surface area contributed by atoms with Crippen LogP contribution in [0.5, 0.6) is 0 Å². The molecule has 1 N–H and O–H groups in total. The molecule has 0 saturated heterocycles. The molecule has 4 aromatic carbocycles. The molecule has 2 aliphatic heterocycles. The van der Waals surface area contributed by atoms with Crippen molar-refractivity contribution in [3.8, 4) is 17.2 Å². The third-order valence-corrected chi connectivity index (χ3v) is 5.82. The predicted molar refractivity (Wildman–Crippen MR) is 137 cm³/mol. The third kappa shape index (κ3) is 3.65. The van der Waals surface area contributed by atoms with Crippen LogP contribution >= 0.6 is 0 Å². The molecule has 0 amide bonds. The molecule has 0 atom stereocenters. The Morgan fingerprint density at radius 2 is 1.20 bits per heavy atom. The highest BCUT2D eigenvalue weighted by molar-refractivity contribution is 5.82. The number of aromatic nitrogens is 4. The largest absolute Gasteiger partial charge is 0.349 e. The Morgan fingerprint density at radius 3 is 1.86 bits per heavy atom. The van der Waals surface area contributed by atoms with Gasteiger partial charge < -0.3 is 4.90 Å². The van der Waals surface area contributed by atoms with Gasteiger partial charge in [-0.25, -0.2) is 9.78 Å². The molecule has 0 aromatic heterocycles. The molecule has 0 saturated carbocycles. The number of hydrogen-bond donors (Lipinski definition) is 1. The number of nitrogens with one attached hydrogen (secondary N) is 1. The van der Waals surface area contributed by atoms with Crippen LogP contribution in [-0.2, 0) is 0 Å². The lowest BCUT2D eigenvalue weighted by Gasteiger charge is -2.26. The summed E-state index contributed by atoms with van der Waals surface area (Å²) in [5.74, 6) is 0.216. The Labute approximate surface area is 199 Å². The van der Waals surface area contributed by atoms with Crippen LogP contribution in [0.3, 0.4) is 0 Å². The Balaban J connectivity index is 1.55. The van der Waals surface area contributed by atoms with Crippen molar-refractivity contribution in [1.29, 1.82) is 0 Å². The summed E-state index contributed by atoms with van der Waals surface area (Å²) < 4.78 is 1.80. The van der Waals surface area contributed by atoms with Gasteiger partial charge >= 0.3 is 5.69 Å². The highest BCUT2D eigenvalue weighted by atomic mass is 16.2. The van der Waals surface area contributed by atoms with Crippen LogP contribution in [0.25, 0.3) is 28.2 Å². The van der Waals surface area contributed by atoms with Crippen molar-refractivity contribution < 1.29 is 0 Å². The second-order valence-corrected chi connectivity index (χ2v) is 8.00. The number of hydrogen-bond acceptors (Lipinski definition) is 5. The Bertz CT molecular complexity index is 1690. The van der Waals surface area contributed by atoms with E-state index in [-0.39, 0.29) is 11.5 Å². The first kappa shape index (κ1) is 20.6. The van der Waals surface area contributed by atoms with Gasteiger partial charge in [-0.2, -0.15) is 4.98 Å². The van der Waals surface area contributed by atoms with Crippen LogP contribution in [0.15, 0.2) is 119 Å². The summed E-state index contributed by atoms with van der Waals surface area (Å²) in [5.41, 5.74) is 4.01. The zero-order valence-corrected chi connectivity index (χ0v) is 18.5. The van der Waals surface area contributed by atoms with Gasteiger partial charge in [-0.05, 0) is 60.7 Å². The number of fused-ring (bicyclic) bond motifs is 2. The molecule has 6 rings (SSSR count). The highest BCUT2D eigenvalue weighted by Crippen LogP contribution is 2.35. The summed E-state index contributed by atoms with van der Waals surface area (Å²) in [6, 6.07) is 35.6. The fraction of sp³-hybridized carbons (Fsp3) is 0. The third-order valence-electron chi connectivity index (χ3n) is 5.82. The zero-order chi connectivity index (χ0) is 23.8. The first-order chi connectivity index (χ1) is 17.2. The van der Waals surface area contributed by atoms with Gasteiger partial charge in [-0.15, -0.1) is 0 Å². The average Bonchev–Trinajstić information content (AvgIpc) is 2.90. The predicted octanol–water partition coefficient (Wildman–Crippen LogP) is 5.04. The zero-order valence-electron chi connectivity index (χ0n) is 18.5. The second kappa shape index (κ2) is 8.39. The topological polar surface area (TPSA) is 83.9 Å². The van der Waals surface area contributed by atoms with Crippen LogP contribution in [0.1, 0.15) is 0 Å². The first-order valence-electron chi connectivity index (χ1n) is 11.1. The van der Waals surface area contributed by atoms with E-state index in [4.69, 9.17) is 0 Å². The van der Waals surface area contributed by atoms with E-state index in [0.29, 0.717) is 5.52 Å². The summed E-state index contributed by atoms with van der Waals surface area (Å²) in [5, 5.41) is 0. The molecule has 168 valence electrons. The van der Waals surface area contributed by atoms with Crippen molar-refractivity contribution in [3.05, 3.63) is 130 Å². The molecular formula is C28H19N5O2. The van der Waals surface area contributed by atoms with E-state index in [9.17, 15) is 9.59 Å². The van der Waals surface area contributed by atoms with Crippen molar-refractivity contribution in [1.82, 2.24) is 19.5 Å². The quantitative estimate of drug-likeness (QED) is 0.375. The molecule has 2 heterocycles. The number of nitrogens with zero attached hydrogens (tertiary/aromatic N) is 4. The van der Waals surface area contributed by atoms with E-state index in [0.717, 1.165) is 28.3 Å². The molecule has 0 bridgehead atoms. The minimum absolute atomic E-state index is 0.113. The molecular weight excluding hydrogens is 438 g/mol. The Morgan fingerprint density at radius 1 is 0.629 bits per heavy atom. The van der Waals surface area contributed by atoms with Gasteiger partial charge in [-0.1, -0.05) is 48.5 Å². The highest BCUT2D eigenvalue weighted by Gasteiger charge is 2.20. The second-order valence-electron chi connectivity index (χ2n) is 8.00. The first-order valence-corrected chi connectivity index (χ1v) is 11.1. The number of benzene rings is 4. The fourth-order valence-electron chi connectivity index (χ4n) is 4.29. The molecule has 4 aromatic rings. The number of rotatable bonds is 4. The molecule has 35 heavy (non-hydrogen) atoms. The number of anilines is 3. The van der Waals surface area contributed by atoms with Crippen molar-refractivity contribution >= 4 is 28.1 Å². The van der Waals surface area contributed by atoms with Gasteiger partial charge in [0.05, 0.1) is 11.0 Å². The normalized spacial score (nSPS) is 11.1. The van der Waals surface area contributed by atoms with Gasteiger partial charge in [0, 0.05) is 22.7 Å². The smallest absolute Gasteiger partial charge is 0.311 e. The average molecular weight is 457 g/mol. The maximum absolute atomic E-state index is 12.5. The Kier molecular flexibility index (Phi) is 4.93. The molecule has 2 aliphatic rings. The van der Waals surface area contributed by atoms with E-state index in [2.05, 4.69) is 44.1 Å². The minimum Gasteiger partial charge on any atom is -0.311 e. The van der Waals surface area contributed by atoms with Gasteiger partial charge in [0.15, 0.2) is 11.5 Å². The maximum Gasteiger partial charge on any atom is 0.349 e. The number of H-pyrrole nitrogens is 1. The van der Waals surface area contributed by atoms with Crippen molar-refractivity contribution in [3.63, 3.8) is 0 Å². The van der Waals surface area contributed by atoms with Gasteiger partial charge in [0.1, 0.15) is 0 Å². The number of para-hydroxylation sites is 4. The van der Waals surface area contributed by atoms with E-state index >= 15 is 0 Å². The van der Waals surface area contributed by atoms with Crippen molar-refractivity contribution in [2.45, 2.75) is 0 Å². The fourth-order valence-corrected chi connectivity index (χ4v) is 4.29. The van der Waals surface area contributed by atoms with Crippen molar-refractivity contribution in [2.75, 3.05) is 4.90 Å². The molecule has 0 spiro atoms. The van der Waals surface area contributed by atoms with Gasteiger partial charge in [0.25, 0.3) is 5.56 Å². The lowest BCUT2D eigenvalue weighted by molar-refractivity contribution is 0.937.